The summed E-state index contributed by atoms with van der Waals surface area (Å²) in [7, 11) is 1.61. The fourth-order valence-electron chi connectivity index (χ4n) is 3.76. The molecule has 2 aliphatic heterocycles. The summed E-state index contributed by atoms with van der Waals surface area (Å²) in [5.74, 6) is 0.612. The van der Waals surface area contributed by atoms with E-state index in [2.05, 4.69) is 15.3 Å². The number of rotatable bonds is 2. The zero-order valence-electron chi connectivity index (χ0n) is 14.6. The molecule has 8 heteroatoms. The minimum Gasteiger partial charge on any atom is -0.357 e. The van der Waals surface area contributed by atoms with Crippen molar-refractivity contribution in [3.05, 3.63) is 48.3 Å². The van der Waals surface area contributed by atoms with E-state index in [1.54, 1.807) is 42.5 Å². The minimum atomic E-state index is -0.639. The van der Waals surface area contributed by atoms with Crippen LogP contribution in [0.4, 0.5) is 0 Å². The van der Waals surface area contributed by atoms with Gasteiger partial charge < -0.3 is 19.5 Å². The second-order valence-electron chi connectivity index (χ2n) is 6.63. The van der Waals surface area contributed by atoms with Gasteiger partial charge in [0.15, 0.2) is 6.10 Å². The summed E-state index contributed by atoms with van der Waals surface area (Å²) in [4.78, 5) is 35.2. The highest BCUT2D eigenvalue weighted by Crippen LogP contribution is 2.40. The number of carbonyl (C=O) groups excluding carboxylic acids is 2. The van der Waals surface area contributed by atoms with Crippen LogP contribution in [0.1, 0.15) is 29.2 Å². The third-order valence-electron chi connectivity index (χ3n) is 5.13. The summed E-state index contributed by atoms with van der Waals surface area (Å²) in [6.45, 7) is 1.51. The van der Waals surface area contributed by atoms with Gasteiger partial charge in [0.2, 0.25) is 0 Å². The summed E-state index contributed by atoms with van der Waals surface area (Å²) in [5, 5.41) is 2.66. The van der Waals surface area contributed by atoms with E-state index in [1.807, 2.05) is 10.8 Å². The smallest absolute Gasteiger partial charge is 0.272 e. The third-order valence-corrected chi connectivity index (χ3v) is 5.13. The second kappa shape index (κ2) is 6.53. The predicted octanol–water partition coefficient (Wildman–Crippen LogP) is 0.554. The van der Waals surface area contributed by atoms with Crippen LogP contribution in [0, 0.1) is 0 Å². The van der Waals surface area contributed by atoms with Crippen LogP contribution in [-0.4, -0.2) is 57.5 Å². The molecule has 0 aromatic carbocycles. The third kappa shape index (κ3) is 2.76. The number of nitrogens with one attached hydrogen (secondary N) is 1. The van der Waals surface area contributed by atoms with E-state index in [4.69, 9.17) is 4.74 Å². The molecule has 0 bridgehead atoms. The number of hydrogen-bond acceptors (Lipinski definition) is 5. The van der Waals surface area contributed by atoms with Gasteiger partial charge in [0.25, 0.3) is 11.8 Å². The molecule has 1 saturated heterocycles. The molecular formula is C18H21N5O3. The standard InChI is InChI=1S/C18H21N5O3/c1-19-15(24)14-12-23-11-8-21-17(23)18(26-14)5-9-22(10-6-18)16(25)13-4-2-3-7-20-13/h2-4,7-8,11,14H,5-6,9-10,12H2,1H3,(H,19,24)/t14-/m0/s1. The van der Waals surface area contributed by atoms with Gasteiger partial charge in [-0.25, -0.2) is 4.98 Å². The zero-order valence-corrected chi connectivity index (χ0v) is 14.6. The van der Waals surface area contributed by atoms with Gasteiger partial charge in [0, 0.05) is 51.6 Å². The molecule has 4 rings (SSSR count). The van der Waals surface area contributed by atoms with E-state index < -0.39 is 11.7 Å². The Morgan fingerprint density at radius 1 is 1.23 bits per heavy atom. The maximum absolute atomic E-state index is 12.6. The predicted molar refractivity (Wildman–Crippen MR) is 92.2 cm³/mol. The van der Waals surface area contributed by atoms with Crippen molar-refractivity contribution in [2.24, 2.45) is 0 Å². The SMILES string of the molecule is CNC(=O)[C@@H]1Cn2ccnc2C2(CCN(C(=O)c3ccccn3)CC2)O1. The zero-order chi connectivity index (χ0) is 18.1. The topological polar surface area (TPSA) is 89.4 Å². The number of hydrogen-bond donors (Lipinski definition) is 1. The molecule has 0 saturated carbocycles. The lowest BCUT2D eigenvalue weighted by Gasteiger charge is -2.45. The van der Waals surface area contributed by atoms with E-state index in [0.717, 1.165) is 5.82 Å². The van der Waals surface area contributed by atoms with E-state index in [-0.39, 0.29) is 11.8 Å². The molecule has 136 valence electrons. The van der Waals surface area contributed by atoms with Gasteiger partial charge in [-0.15, -0.1) is 0 Å². The molecule has 8 nitrogen and oxygen atoms in total. The van der Waals surface area contributed by atoms with E-state index in [0.29, 0.717) is 38.2 Å². The lowest BCUT2D eigenvalue weighted by molar-refractivity contribution is -0.171. The normalized spacial score (nSPS) is 21.3. The Labute approximate surface area is 151 Å². The molecule has 2 aromatic rings. The molecule has 1 atom stereocenters. The number of imidazole rings is 1. The van der Waals surface area contributed by atoms with Crippen molar-refractivity contribution < 1.29 is 14.3 Å². The van der Waals surface area contributed by atoms with Crippen molar-refractivity contribution in [3.63, 3.8) is 0 Å². The summed E-state index contributed by atoms with van der Waals surface area (Å²) in [5.41, 5.74) is -0.197. The van der Waals surface area contributed by atoms with Crippen LogP contribution in [0.5, 0.6) is 0 Å². The average Bonchev–Trinajstić information content (AvgIpc) is 3.18. The van der Waals surface area contributed by atoms with Crippen LogP contribution < -0.4 is 5.32 Å². The van der Waals surface area contributed by atoms with E-state index in [1.165, 1.54) is 0 Å². The van der Waals surface area contributed by atoms with Gasteiger partial charge in [-0.1, -0.05) is 6.07 Å². The number of pyridine rings is 1. The van der Waals surface area contributed by atoms with Gasteiger partial charge in [-0.2, -0.15) is 0 Å². The molecule has 26 heavy (non-hydrogen) atoms. The molecule has 0 radical (unpaired) electrons. The fourth-order valence-corrected chi connectivity index (χ4v) is 3.76. The number of carbonyl (C=O) groups is 2. The number of ether oxygens (including phenoxy) is 1. The van der Waals surface area contributed by atoms with Crippen molar-refractivity contribution >= 4 is 11.8 Å². The molecule has 2 aliphatic rings. The van der Waals surface area contributed by atoms with Crippen LogP contribution in [0.15, 0.2) is 36.8 Å². The van der Waals surface area contributed by atoms with Crippen molar-refractivity contribution in [1.82, 2.24) is 24.8 Å². The van der Waals surface area contributed by atoms with E-state index >= 15 is 0 Å². The maximum Gasteiger partial charge on any atom is 0.272 e. The first kappa shape index (κ1) is 16.7. The van der Waals surface area contributed by atoms with Gasteiger partial charge in [-0.05, 0) is 12.1 Å². The molecular weight excluding hydrogens is 334 g/mol. The van der Waals surface area contributed by atoms with Gasteiger partial charge in [0.1, 0.15) is 17.1 Å². The Morgan fingerprint density at radius 3 is 2.73 bits per heavy atom. The van der Waals surface area contributed by atoms with Crippen LogP contribution in [-0.2, 0) is 21.7 Å². The van der Waals surface area contributed by atoms with Crippen LogP contribution in [0.3, 0.4) is 0 Å². The van der Waals surface area contributed by atoms with Crippen molar-refractivity contribution in [3.8, 4) is 0 Å². The fraction of sp³-hybridized carbons (Fsp3) is 0.444. The molecule has 1 N–H and O–H groups in total. The quantitative estimate of drug-likeness (QED) is 0.850. The number of likely N-dealkylation sites (tertiary alicyclic amines) is 1. The number of piperidine rings is 1. The highest BCUT2D eigenvalue weighted by atomic mass is 16.5. The Balaban J connectivity index is 1.54. The summed E-state index contributed by atoms with van der Waals surface area (Å²) in [6, 6.07) is 5.31. The van der Waals surface area contributed by atoms with Gasteiger partial charge in [0.05, 0.1) is 6.54 Å². The maximum atomic E-state index is 12.6. The number of fused-ring (bicyclic) bond motifs is 2. The first-order valence-corrected chi connectivity index (χ1v) is 8.74. The Bertz CT molecular complexity index is 811. The number of aromatic nitrogens is 3. The van der Waals surface area contributed by atoms with Gasteiger partial charge in [-0.3, -0.25) is 14.6 Å². The van der Waals surface area contributed by atoms with Crippen LogP contribution >= 0.6 is 0 Å². The molecule has 2 amide bonds. The largest absolute Gasteiger partial charge is 0.357 e. The molecule has 2 aromatic heterocycles. The molecule has 4 heterocycles. The summed E-state index contributed by atoms with van der Waals surface area (Å²) in [6.07, 6.45) is 5.86. The summed E-state index contributed by atoms with van der Waals surface area (Å²) >= 11 is 0. The van der Waals surface area contributed by atoms with Crippen molar-refractivity contribution in [2.45, 2.75) is 31.1 Å². The van der Waals surface area contributed by atoms with Gasteiger partial charge >= 0.3 is 0 Å². The monoisotopic (exact) mass is 355 g/mol. The number of likely N-dealkylation sites (N-methyl/N-ethyl adjacent to an activating group) is 1. The minimum absolute atomic E-state index is 0.0811. The average molecular weight is 355 g/mol. The highest BCUT2D eigenvalue weighted by Gasteiger charge is 2.47. The second-order valence-corrected chi connectivity index (χ2v) is 6.63. The summed E-state index contributed by atoms with van der Waals surface area (Å²) < 4.78 is 8.22. The lowest BCUT2D eigenvalue weighted by atomic mass is 9.88. The van der Waals surface area contributed by atoms with Crippen LogP contribution in [0.2, 0.25) is 0 Å². The number of nitrogens with zero attached hydrogens (tertiary/aromatic N) is 4. The van der Waals surface area contributed by atoms with Crippen molar-refractivity contribution in [1.29, 1.82) is 0 Å². The highest BCUT2D eigenvalue weighted by molar-refractivity contribution is 5.92. The van der Waals surface area contributed by atoms with E-state index in [9.17, 15) is 9.59 Å². The molecule has 1 spiro atoms. The Kier molecular flexibility index (Phi) is 4.20. The molecule has 0 aliphatic carbocycles. The first-order valence-electron chi connectivity index (χ1n) is 8.74. The Hall–Kier alpha value is -2.74. The Morgan fingerprint density at radius 2 is 2.04 bits per heavy atom. The van der Waals surface area contributed by atoms with Crippen molar-refractivity contribution in [2.75, 3.05) is 20.1 Å². The lowest BCUT2D eigenvalue weighted by Crippen LogP contribution is -2.54. The number of amides is 2. The molecule has 1 fully saturated rings. The molecule has 0 unspecified atom stereocenters. The van der Waals surface area contributed by atoms with Crippen LogP contribution in [0.25, 0.3) is 0 Å². The first-order chi connectivity index (χ1) is 12.6.